The van der Waals surface area contributed by atoms with E-state index in [4.69, 9.17) is 13.8 Å². The Morgan fingerprint density at radius 1 is 0.895 bits per heavy atom. The van der Waals surface area contributed by atoms with Gasteiger partial charge < -0.3 is 24.2 Å². The monoisotopic (exact) mass is 537 g/mol. The van der Waals surface area contributed by atoms with E-state index in [9.17, 15) is 19.3 Å². The number of rotatable bonds is 12. The lowest BCUT2D eigenvalue weighted by atomic mass is 9.98. The Balaban J connectivity index is 1.34. The largest absolute Gasteiger partial charge is 0.481 e. The number of alkyl carbamates (subject to hydrolysis) is 1. The molecule has 0 spiro atoms. The maximum absolute atomic E-state index is 12.9. The summed E-state index contributed by atoms with van der Waals surface area (Å²) in [7, 11) is -3.42. The first kappa shape index (κ1) is 27.6. The molecule has 4 rings (SSSR count). The van der Waals surface area contributed by atoms with Crippen LogP contribution in [-0.2, 0) is 29.6 Å². The molecular weight excluding hydrogens is 505 g/mol. The SMILES string of the molecule is CCOP(=O)(OCC)c1ccc(C[C@@H](CNC(=O)OCC2c3ccccc3-c3ccccc32)C(=O)O)cc1. The van der Waals surface area contributed by atoms with Crippen LogP contribution in [-0.4, -0.2) is 43.5 Å². The molecule has 1 amide bonds. The molecule has 0 unspecified atom stereocenters. The Bertz CT molecular complexity index is 1270. The van der Waals surface area contributed by atoms with Gasteiger partial charge in [0.2, 0.25) is 0 Å². The first-order chi connectivity index (χ1) is 18.4. The number of carboxylic acid groups (broad SMARTS) is 1. The summed E-state index contributed by atoms with van der Waals surface area (Å²) in [6, 6.07) is 22.7. The van der Waals surface area contributed by atoms with E-state index < -0.39 is 25.6 Å². The molecule has 0 radical (unpaired) electrons. The van der Waals surface area contributed by atoms with Gasteiger partial charge in [0.05, 0.1) is 24.4 Å². The lowest BCUT2D eigenvalue weighted by molar-refractivity contribution is -0.141. The molecule has 9 heteroatoms. The topological polar surface area (TPSA) is 111 Å². The first-order valence-electron chi connectivity index (χ1n) is 12.7. The molecule has 200 valence electrons. The van der Waals surface area contributed by atoms with Crippen molar-refractivity contribution in [3.8, 4) is 11.1 Å². The Morgan fingerprint density at radius 3 is 1.97 bits per heavy atom. The zero-order valence-electron chi connectivity index (χ0n) is 21.5. The van der Waals surface area contributed by atoms with E-state index in [0.717, 1.165) is 27.8 Å². The highest BCUT2D eigenvalue weighted by Crippen LogP contribution is 2.47. The van der Waals surface area contributed by atoms with Crippen molar-refractivity contribution in [2.24, 2.45) is 5.92 Å². The quantitative estimate of drug-likeness (QED) is 0.299. The van der Waals surface area contributed by atoms with E-state index >= 15 is 0 Å². The third-order valence-corrected chi connectivity index (χ3v) is 8.65. The minimum absolute atomic E-state index is 0.0775. The molecular formula is C29H32NO7P. The minimum Gasteiger partial charge on any atom is -0.481 e. The molecule has 0 saturated carbocycles. The number of hydrogen-bond donors (Lipinski definition) is 2. The maximum atomic E-state index is 12.9. The van der Waals surface area contributed by atoms with Crippen molar-refractivity contribution in [1.82, 2.24) is 5.32 Å². The van der Waals surface area contributed by atoms with Crippen LogP contribution < -0.4 is 10.6 Å². The number of fused-ring (bicyclic) bond motifs is 3. The second-order valence-electron chi connectivity index (χ2n) is 8.95. The fourth-order valence-electron chi connectivity index (χ4n) is 4.73. The van der Waals surface area contributed by atoms with Crippen LogP contribution >= 0.6 is 7.60 Å². The minimum atomic E-state index is -3.42. The van der Waals surface area contributed by atoms with Gasteiger partial charge in [-0.3, -0.25) is 9.36 Å². The highest BCUT2D eigenvalue weighted by atomic mass is 31.2. The van der Waals surface area contributed by atoms with E-state index in [2.05, 4.69) is 17.4 Å². The molecule has 0 aliphatic heterocycles. The Morgan fingerprint density at radius 2 is 1.45 bits per heavy atom. The van der Waals surface area contributed by atoms with Crippen LogP contribution in [0.25, 0.3) is 11.1 Å². The molecule has 2 N–H and O–H groups in total. The third-order valence-electron chi connectivity index (χ3n) is 6.52. The number of aliphatic carboxylic acids is 1. The fraction of sp³-hybridized carbons (Fsp3) is 0.310. The second-order valence-corrected chi connectivity index (χ2v) is 11.0. The van der Waals surface area contributed by atoms with Gasteiger partial charge in [0.15, 0.2) is 0 Å². The Hall–Kier alpha value is -3.45. The predicted octanol–water partition coefficient (Wildman–Crippen LogP) is 5.36. The van der Waals surface area contributed by atoms with Gasteiger partial charge in [0.25, 0.3) is 0 Å². The second kappa shape index (κ2) is 12.4. The zero-order valence-corrected chi connectivity index (χ0v) is 22.4. The summed E-state index contributed by atoms with van der Waals surface area (Å²) in [5.74, 6) is -1.99. The average molecular weight is 538 g/mol. The molecule has 38 heavy (non-hydrogen) atoms. The molecule has 3 aromatic rings. The van der Waals surface area contributed by atoms with Crippen molar-refractivity contribution in [1.29, 1.82) is 0 Å². The van der Waals surface area contributed by atoms with Crippen LogP contribution in [0.5, 0.6) is 0 Å². The van der Waals surface area contributed by atoms with E-state index in [1.807, 2.05) is 36.4 Å². The van der Waals surface area contributed by atoms with Crippen molar-refractivity contribution in [2.45, 2.75) is 26.2 Å². The lowest BCUT2D eigenvalue weighted by Gasteiger charge is -2.18. The summed E-state index contributed by atoms with van der Waals surface area (Å²) in [4.78, 5) is 24.4. The van der Waals surface area contributed by atoms with Crippen LogP contribution in [0.4, 0.5) is 4.79 Å². The molecule has 1 aliphatic rings. The highest BCUT2D eigenvalue weighted by molar-refractivity contribution is 7.62. The van der Waals surface area contributed by atoms with Gasteiger partial charge in [0.1, 0.15) is 6.61 Å². The van der Waals surface area contributed by atoms with E-state index in [-0.39, 0.29) is 38.7 Å². The lowest BCUT2D eigenvalue weighted by Crippen LogP contribution is -2.35. The van der Waals surface area contributed by atoms with Crippen LogP contribution in [0, 0.1) is 5.92 Å². The van der Waals surface area contributed by atoms with E-state index in [1.165, 1.54) is 0 Å². The molecule has 8 nitrogen and oxygen atoms in total. The number of carbonyl (C=O) groups excluding carboxylic acids is 1. The summed E-state index contributed by atoms with van der Waals surface area (Å²) < 4.78 is 29.2. The molecule has 1 aliphatic carbocycles. The van der Waals surface area contributed by atoms with Crippen molar-refractivity contribution >= 4 is 25.0 Å². The molecule has 1 atom stereocenters. The molecule has 0 fully saturated rings. The number of carboxylic acids is 1. The van der Waals surface area contributed by atoms with Crippen LogP contribution in [0.2, 0.25) is 0 Å². The first-order valence-corrected chi connectivity index (χ1v) is 14.2. The molecule has 0 saturated heterocycles. The summed E-state index contributed by atoms with van der Waals surface area (Å²) >= 11 is 0. The summed E-state index contributed by atoms with van der Waals surface area (Å²) in [5, 5.41) is 12.7. The van der Waals surface area contributed by atoms with Gasteiger partial charge in [-0.2, -0.15) is 0 Å². The average Bonchev–Trinajstić information content (AvgIpc) is 3.24. The van der Waals surface area contributed by atoms with Crippen LogP contribution in [0.3, 0.4) is 0 Å². The van der Waals surface area contributed by atoms with E-state index in [0.29, 0.717) is 5.30 Å². The van der Waals surface area contributed by atoms with Crippen molar-refractivity contribution in [2.75, 3.05) is 26.4 Å². The number of carbonyl (C=O) groups is 2. The fourth-order valence-corrected chi connectivity index (χ4v) is 6.29. The maximum Gasteiger partial charge on any atom is 0.407 e. The van der Waals surface area contributed by atoms with Gasteiger partial charge in [-0.05, 0) is 60.2 Å². The summed E-state index contributed by atoms with van der Waals surface area (Å²) in [6.45, 7) is 4.01. The molecule has 0 bridgehead atoms. The van der Waals surface area contributed by atoms with Crippen LogP contribution in [0.1, 0.15) is 36.5 Å². The van der Waals surface area contributed by atoms with Crippen molar-refractivity contribution in [3.05, 3.63) is 89.5 Å². The summed E-state index contributed by atoms with van der Waals surface area (Å²) in [5.41, 5.74) is 5.19. The van der Waals surface area contributed by atoms with E-state index in [1.54, 1.807) is 38.1 Å². The number of amides is 1. The Kier molecular flexibility index (Phi) is 9.00. The molecule has 3 aromatic carbocycles. The van der Waals surface area contributed by atoms with Gasteiger partial charge >= 0.3 is 19.7 Å². The van der Waals surface area contributed by atoms with Gasteiger partial charge in [-0.15, -0.1) is 0 Å². The zero-order chi connectivity index (χ0) is 27.1. The third kappa shape index (κ3) is 6.16. The van der Waals surface area contributed by atoms with Crippen LogP contribution in [0.15, 0.2) is 72.8 Å². The number of benzene rings is 3. The van der Waals surface area contributed by atoms with Gasteiger partial charge in [0, 0.05) is 12.5 Å². The van der Waals surface area contributed by atoms with Gasteiger partial charge in [-0.25, -0.2) is 4.79 Å². The normalized spacial score (nSPS) is 13.4. The van der Waals surface area contributed by atoms with Crippen molar-refractivity contribution < 1.29 is 33.0 Å². The Labute approximate surface area is 222 Å². The standard InChI is InChI=1S/C29H32NO7P/c1-3-36-38(34,37-4-2)22-15-13-20(14-16-22)17-21(28(31)32)18-30-29(33)35-19-27-25-11-7-5-9-23(25)24-10-6-8-12-26(24)27/h5-16,21,27H,3-4,17-19H2,1-2H3,(H,30,33)(H,31,32)/t21-/m0/s1. The number of nitrogens with one attached hydrogen (secondary N) is 1. The number of ether oxygens (including phenoxy) is 1. The van der Waals surface area contributed by atoms with Gasteiger partial charge in [-0.1, -0.05) is 60.7 Å². The molecule has 0 heterocycles. The smallest absolute Gasteiger partial charge is 0.407 e. The summed E-state index contributed by atoms with van der Waals surface area (Å²) in [6.07, 6.45) is -0.491. The predicted molar refractivity (Wildman–Crippen MR) is 145 cm³/mol. The number of hydrogen-bond acceptors (Lipinski definition) is 6. The van der Waals surface area contributed by atoms with Crippen molar-refractivity contribution in [3.63, 3.8) is 0 Å². The molecule has 0 aromatic heterocycles. The highest BCUT2D eigenvalue weighted by Gasteiger charge is 2.30.